The second-order valence-electron chi connectivity index (χ2n) is 3.85. The van der Waals surface area contributed by atoms with Gasteiger partial charge in [-0.05, 0) is 58.5 Å². The third-order valence-corrected chi connectivity index (χ3v) is 3.35. The van der Waals surface area contributed by atoms with E-state index < -0.39 is 17.5 Å². The summed E-state index contributed by atoms with van der Waals surface area (Å²) in [5.41, 5.74) is 0.892. The number of nitrogens with one attached hydrogen (secondary N) is 1. The summed E-state index contributed by atoms with van der Waals surface area (Å²) in [7, 11) is 0. The van der Waals surface area contributed by atoms with Gasteiger partial charge < -0.3 is 5.32 Å². The molecule has 0 saturated heterocycles. The zero-order chi connectivity index (χ0) is 14.0. The Kier molecular flexibility index (Phi) is 4.28. The third kappa shape index (κ3) is 3.37. The van der Waals surface area contributed by atoms with E-state index in [1.807, 2.05) is 22.6 Å². The van der Waals surface area contributed by atoms with Crippen LogP contribution in [-0.4, -0.2) is 0 Å². The van der Waals surface area contributed by atoms with Crippen LogP contribution in [0.25, 0.3) is 0 Å². The summed E-state index contributed by atoms with van der Waals surface area (Å²) in [6.45, 7) is 0.107. The molecule has 2 aromatic rings. The van der Waals surface area contributed by atoms with E-state index in [1.165, 1.54) is 18.2 Å². The van der Waals surface area contributed by atoms with E-state index in [4.69, 9.17) is 0 Å². The van der Waals surface area contributed by atoms with Crippen LogP contribution in [0.4, 0.5) is 23.2 Å². The Hall–Kier alpha value is -1.31. The number of hydrogen-bond donors (Lipinski definition) is 1. The molecule has 6 heteroatoms. The van der Waals surface area contributed by atoms with Crippen molar-refractivity contribution in [3.05, 3.63) is 62.7 Å². The SMILES string of the molecule is Fc1ccc(NCc2cc(F)c(F)c(F)c2)c(I)c1. The molecule has 0 atom stereocenters. The molecule has 0 radical (unpaired) electrons. The number of rotatable bonds is 3. The lowest BCUT2D eigenvalue weighted by molar-refractivity contribution is 0.445. The maximum Gasteiger partial charge on any atom is 0.194 e. The number of hydrogen-bond acceptors (Lipinski definition) is 1. The zero-order valence-electron chi connectivity index (χ0n) is 9.48. The maximum absolute atomic E-state index is 13.0. The molecule has 2 rings (SSSR count). The lowest BCUT2D eigenvalue weighted by Gasteiger charge is -2.09. The summed E-state index contributed by atoms with van der Waals surface area (Å²) in [5, 5.41) is 2.90. The Morgan fingerprint density at radius 3 is 2.16 bits per heavy atom. The van der Waals surface area contributed by atoms with Crippen LogP contribution in [0.2, 0.25) is 0 Å². The summed E-state index contributed by atoms with van der Waals surface area (Å²) >= 11 is 1.94. The van der Waals surface area contributed by atoms with Gasteiger partial charge in [0.05, 0.1) is 0 Å². The van der Waals surface area contributed by atoms with Gasteiger partial charge in [0.25, 0.3) is 0 Å². The summed E-state index contributed by atoms with van der Waals surface area (Å²) in [6, 6.07) is 5.96. The van der Waals surface area contributed by atoms with Crippen molar-refractivity contribution in [1.29, 1.82) is 0 Å². The molecule has 0 saturated carbocycles. The van der Waals surface area contributed by atoms with Crippen molar-refractivity contribution in [3.63, 3.8) is 0 Å². The molecule has 0 spiro atoms. The molecular weight excluding hydrogens is 373 g/mol. The van der Waals surface area contributed by atoms with Crippen molar-refractivity contribution in [2.24, 2.45) is 0 Å². The van der Waals surface area contributed by atoms with Gasteiger partial charge >= 0.3 is 0 Å². The highest BCUT2D eigenvalue weighted by molar-refractivity contribution is 14.1. The van der Waals surface area contributed by atoms with Crippen molar-refractivity contribution in [1.82, 2.24) is 0 Å². The van der Waals surface area contributed by atoms with Crippen LogP contribution in [0.3, 0.4) is 0 Å². The van der Waals surface area contributed by atoms with Gasteiger partial charge in [0, 0.05) is 15.8 Å². The predicted molar refractivity (Wildman–Crippen MR) is 72.8 cm³/mol. The fourth-order valence-corrected chi connectivity index (χ4v) is 2.21. The van der Waals surface area contributed by atoms with Crippen LogP contribution in [0, 0.1) is 26.8 Å². The van der Waals surface area contributed by atoms with Crippen LogP contribution in [-0.2, 0) is 6.54 Å². The van der Waals surface area contributed by atoms with Crippen LogP contribution in [0.15, 0.2) is 30.3 Å². The minimum atomic E-state index is -1.49. The quantitative estimate of drug-likeness (QED) is 0.471. The average molecular weight is 381 g/mol. The number of benzene rings is 2. The van der Waals surface area contributed by atoms with Crippen LogP contribution >= 0.6 is 22.6 Å². The minimum Gasteiger partial charge on any atom is -0.380 e. The fraction of sp³-hybridized carbons (Fsp3) is 0.0769. The molecule has 0 fully saturated rings. The normalized spacial score (nSPS) is 10.6. The zero-order valence-corrected chi connectivity index (χ0v) is 11.6. The van der Waals surface area contributed by atoms with Crippen LogP contribution in [0.1, 0.15) is 5.56 Å². The predicted octanol–water partition coefficient (Wildman–Crippen LogP) is 4.46. The smallest absolute Gasteiger partial charge is 0.194 e. The molecule has 0 heterocycles. The largest absolute Gasteiger partial charge is 0.380 e. The lowest BCUT2D eigenvalue weighted by Crippen LogP contribution is -2.03. The van der Waals surface area contributed by atoms with Gasteiger partial charge in [-0.2, -0.15) is 0 Å². The van der Waals surface area contributed by atoms with Gasteiger partial charge in [-0.3, -0.25) is 0 Å². The lowest BCUT2D eigenvalue weighted by atomic mass is 10.2. The standard InChI is InChI=1S/C13H8F4IN/c14-8-1-2-12(11(18)5-8)19-6-7-3-9(15)13(17)10(16)4-7/h1-5,19H,6H2. The van der Waals surface area contributed by atoms with Crippen molar-refractivity contribution >= 4 is 28.3 Å². The molecule has 0 bridgehead atoms. The highest BCUT2D eigenvalue weighted by Gasteiger charge is 2.10. The van der Waals surface area contributed by atoms with Crippen molar-refractivity contribution in [2.75, 3.05) is 5.32 Å². The first-order chi connectivity index (χ1) is 8.97. The first-order valence-electron chi connectivity index (χ1n) is 5.29. The summed E-state index contributed by atoms with van der Waals surface area (Å²) in [4.78, 5) is 0. The topological polar surface area (TPSA) is 12.0 Å². The average Bonchev–Trinajstić information content (AvgIpc) is 2.34. The monoisotopic (exact) mass is 381 g/mol. The highest BCUT2D eigenvalue weighted by atomic mass is 127. The van der Waals surface area contributed by atoms with E-state index in [-0.39, 0.29) is 17.9 Å². The molecule has 1 N–H and O–H groups in total. The fourth-order valence-electron chi connectivity index (χ4n) is 1.54. The molecule has 2 aromatic carbocycles. The maximum atomic E-state index is 13.0. The summed E-state index contributed by atoms with van der Waals surface area (Å²) in [6.07, 6.45) is 0. The molecule has 0 aliphatic carbocycles. The molecule has 100 valence electrons. The van der Waals surface area contributed by atoms with Gasteiger partial charge in [0.2, 0.25) is 0 Å². The van der Waals surface area contributed by atoms with E-state index >= 15 is 0 Å². The Balaban J connectivity index is 2.14. The molecule has 0 amide bonds. The molecule has 1 nitrogen and oxygen atoms in total. The van der Waals surface area contributed by atoms with Crippen molar-refractivity contribution in [2.45, 2.75) is 6.54 Å². The van der Waals surface area contributed by atoms with E-state index in [9.17, 15) is 17.6 Å². The second-order valence-corrected chi connectivity index (χ2v) is 5.01. The van der Waals surface area contributed by atoms with Crippen LogP contribution in [0.5, 0.6) is 0 Å². The van der Waals surface area contributed by atoms with E-state index in [2.05, 4.69) is 5.32 Å². The van der Waals surface area contributed by atoms with E-state index in [0.717, 1.165) is 12.1 Å². The highest BCUT2D eigenvalue weighted by Crippen LogP contribution is 2.20. The van der Waals surface area contributed by atoms with Gasteiger partial charge in [0.15, 0.2) is 17.5 Å². The minimum absolute atomic E-state index is 0.107. The Labute approximate surface area is 120 Å². The number of halogens is 5. The first kappa shape index (κ1) is 14.1. The van der Waals surface area contributed by atoms with Gasteiger partial charge in [-0.1, -0.05) is 0 Å². The van der Waals surface area contributed by atoms with Gasteiger partial charge in [0.1, 0.15) is 5.82 Å². The molecule has 0 aliphatic heterocycles. The molecular formula is C13H8F4IN. The molecule has 0 aromatic heterocycles. The Morgan fingerprint density at radius 1 is 0.947 bits per heavy atom. The van der Waals surface area contributed by atoms with Crippen LogP contribution < -0.4 is 5.32 Å². The number of anilines is 1. The Bertz CT molecular complexity index is 593. The van der Waals surface area contributed by atoms with Gasteiger partial charge in [-0.15, -0.1) is 0 Å². The summed E-state index contributed by atoms with van der Waals surface area (Å²) < 4.78 is 52.3. The second kappa shape index (κ2) is 5.77. The third-order valence-electron chi connectivity index (χ3n) is 2.46. The molecule has 0 aliphatic rings. The molecule has 19 heavy (non-hydrogen) atoms. The van der Waals surface area contributed by atoms with Crippen molar-refractivity contribution < 1.29 is 17.6 Å². The Morgan fingerprint density at radius 2 is 1.58 bits per heavy atom. The van der Waals surface area contributed by atoms with Crippen molar-refractivity contribution in [3.8, 4) is 0 Å². The van der Waals surface area contributed by atoms with E-state index in [0.29, 0.717) is 9.26 Å². The molecule has 0 unspecified atom stereocenters. The van der Waals surface area contributed by atoms with E-state index in [1.54, 1.807) is 0 Å². The summed E-state index contributed by atoms with van der Waals surface area (Å²) in [5.74, 6) is -4.31. The first-order valence-corrected chi connectivity index (χ1v) is 6.37. The van der Waals surface area contributed by atoms with Gasteiger partial charge in [-0.25, -0.2) is 17.6 Å².